The van der Waals surface area contributed by atoms with E-state index in [0.29, 0.717) is 5.92 Å². The molecule has 1 unspecified atom stereocenters. The van der Waals surface area contributed by atoms with Gasteiger partial charge in [0.1, 0.15) is 5.54 Å². The second kappa shape index (κ2) is 7.38. The zero-order chi connectivity index (χ0) is 15.3. The van der Waals surface area contributed by atoms with Gasteiger partial charge in [-0.05, 0) is 50.2 Å². The van der Waals surface area contributed by atoms with E-state index in [2.05, 4.69) is 17.4 Å². The van der Waals surface area contributed by atoms with Gasteiger partial charge in [0.15, 0.2) is 5.84 Å². The molecule has 0 bridgehead atoms. The van der Waals surface area contributed by atoms with Crippen molar-refractivity contribution >= 4 is 23.5 Å². The number of nitrogens with two attached hydrogens (primary N) is 1. The summed E-state index contributed by atoms with van der Waals surface area (Å²) in [6.45, 7) is 2.19. The number of carbonyl (C=O) groups is 1. The highest BCUT2D eigenvalue weighted by Gasteiger charge is 2.41. The van der Waals surface area contributed by atoms with Crippen molar-refractivity contribution in [2.75, 3.05) is 5.75 Å². The van der Waals surface area contributed by atoms with E-state index in [1.54, 1.807) is 11.8 Å². The van der Waals surface area contributed by atoms with Gasteiger partial charge < -0.3 is 16.3 Å². The third-order valence-corrected chi connectivity index (χ3v) is 6.35. The third-order valence-electron chi connectivity index (χ3n) is 4.97. The molecule has 2 rings (SSSR count). The Hall–Kier alpha value is -0.910. The maximum absolute atomic E-state index is 12.5. The van der Waals surface area contributed by atoms with Crippen molar-refractivity contribution < 1.29 is 10.0 Å². The second-order valence-electron chi connectivity index (χ2n) is 6.26. The quantitative estimate of drug-likeness (QED) is 0.322. The first-order chi connectivity index (χ1) is 10.1. The van der Waals surface area contributed by atoms with Crippen LogP contribution in [0.2, 0.25) is 0 Å². The number of oxime groups is 1. The summed E-state index contributed by atoms with van der Waals surface area (Å²) in [4.78, 5) is 12.5. The lowest BCUT2D eigenvalue weighted by Crippen LogP contribution is -2.60. The highest BCUT2D eigenvalue weighted by Crippen LogP contribution is 2.35. The Labute approximate surface area is 131 Å². The van der Waals surface area contributed by atoms with Gasteiger partial charge >= 0.3 is 0 Å². The van der Waals surface area contributed by atoms with Crippen LogP contribution in [0.5, 0.6) is 0 Å². The maximum atomic E-state index is 12.5. The first-order valence-corrected chi connectivity index (χ1v) is 9.08. The van der Waals surface area contributed by atoms with Crippen molar-refractivity contribution in [1.82, 2.24) is 5.32 Å². The minimum absolute atomic E-state index is 0.0195. The van der Waals surface area contributed by atoms with Gasteiger partial charge in [0.25, 0.3) is 0 Å². The zero-order valence-corrected chi connectivity index (χ0v) is 13.6. The molecule has 1 atom stereocenters. The highest BCUT2D eigenvalue weighted by molar-refractivity contribution is 8.00. The molecule has 0 radical (unpaired) electrons. The fourth-order valence-corrected chi connectivity index (χ4v) is 4.58. The highest BCUT2D eigenvalue weighted by atomic mass is 32.2. The summed E-state index contributed by atoms with van der Waals surface area (Å²) in [5.74, 6) is 1.95. The van der Waals surface area contributed by atoms with Crippen LogP contribution in [0.25, 0.3) is 0 Å². The molecule has 21 heavy (non-hydrogen) atoms. The fraction of sp³-hybridized carbons (Fsp3) is 0.867. The molecule has 6 heteroatoms. The molecule has 1 saturated heterocycles. The predicted molar refractivity (Wildman–Crippen MR) is 86.6 cm³/mol. The molecule has 1 amide bonds. The molecule has 4 N–H and O–H groups in total. The average molecular weight is 313 g/mol. The molecule has 1 heterocycles. The summed E-state index contributed by atoms with van der Waals surface area (Å²) in [5, 5.41) is 15.5. The van der Waals surface area contributed by atoms with E-state index in [0.717, 1.165) is 50.7 Å². The van der Waals surface area contributed by atoms with Crippen LogP contribution < -0.4 is 11.1 Å². The van der Waals surface area contributed by atoms with Crippen LogP contribution in [-0.2, 0) is 4.79 Å². The normalized spacial score (nSPS) is 34.4. The fourth-order valence-electron chi connectivity index (χ4n) is 3.38. The summed E-state index contributed by atoms with van der Waals surface area (Å²) in [7, 11) is 0. The van der Waals surface area contributed by atoms with Crippen molar-refractivity contribution in [3.63, 3.8) is 0 Å². The molecule has 2 fully saturated rings. The molecule has 2 aliphatic rings. The Kier molecular flexibility index (Phi) is 5.79. The van der Waals surface area contributed by atoms with Gasteiger partial charge in [-0.2, -0.15) is 0 Å². The lowest BCUT2D eigenvalue weighted by Gasteiger charge is -2.40. The van der Waals surface area contributed by atoms with Crippen LogP contribution in [0.1, 0.15) is 58.3 Å². The average Bonchev–Trinajstić information content (AvgIpc) is 2.55. The van der Waals surface area contributed by atoms with Gasteiger partial charge in [0.2, 0.25) is 5.91 Å². The van der Waals surface area contributed by atoms with Crippen molar-refractivity contribution in [3.8, 4) is 0 Å². The third kappa shape index (κ3) is 3.84. The van der Waals surface area contributed by atoms with Crippen molar-refractivity contribution in [2.45, 2.75) is 69.1 Å². The molecule has 1 saturated carbocycles. The smallest absolute Gasteiger partial charge is 0.233 e. The van der Waals surface area contributed by atoms with Gasteiger partial charge in [-0.3, -0.25) is 4.79 Å². The standard InChI is InChI=1S/C15H27N3O2S/c1-2-11-6-8-15(9-7-11,14(16)18-20)17-13(19)12-5-3-4-10-21-12/h11-12,20H,2-10H2,1H3,(H2,16,18)(H,17,19). The first-order valence-electron chi connectivity index (χ1n) is 8.03. The number of nitrogens with zero attached hydrogens (tertiary/aromatic N) is 1. The number of thioether (sulfide) groups is 1. The van der Waals surface area contributed by atoms with Crippen LogP contribution >= 0.6 is 11.8 Å². The minimum atomic E-state index is -0.643. The van der Waals surface area contributed by atoms with E-state index in [4.69, 9.17) is 10.9 Å². The lowest BCUT2D eigenvalue weighted by atomic mass is 9.74. The van der Waals surface area contributed by atoms with E-state index in [1.807, 2.05) is 0 Å². The van der Waals surface area contributed by atoms with Crippen molar-refractivity contribution in [1.29, 1.82) is 0 Å². The monoisotopic (exact) mass is 313 g/mol. The Balaban J connectivity index is 2.04. The first kappa shape index (κ1) is 16.5. The van der Waals surface area contributed by atoms with Gasteiger partial charge in [-0.15, -0.1) is 11.8 Å². The Morgan fingerprint density at radius 2 is 2.10 bits per heavy atom. The Bertz CT molecular complexity index is 386. The van der Waals surface area contributed by atoms with E-state index in [-0.39, 0.29) is 17.0 Å². The number of amidine groups is 1. The molecule has 1 aliphatic carbocycles. The number of amides is 1. The number of carbonyl (C=O) groups excluding carboxylic acids is 1. The summed E-state index contributed by atoms with van der Waals surface area (Å²) in [5.41, 5.74) is 5.28. The second-order valence-corrected chi connectivity index (χ2v) is 7.57. The molecule has 0 aromatic rings. The summed E-state index contributed by atoms with van der Waals surface area (Å²) in [6, 6.07) is 0. The van der Waals surface area contributed by atoms with Crippen LogP contribution in [0, 0.1) is 5.92 Å². The van der Waals surface area contributed by atoms with Crippen LogP contribution in [0.4, 0.5) is 0 Å². The lowest BCUT2D eigenvalue weighted by molar-refractivity contribution is -0.122. The summed E-state index contributed by atoms with van der Waals surface area (Å²) >= 11 is 1.73. The van der Waals surface area contributed by atoms with E-state index < -0.39 is 5.54 Å². The van der Waals surface area contributed by atoms with Crippen LogP contribution in [0.15, 0.2) is 5.16 Å². The van der Waals surface area contributed by atoms with E-state index in [1.165, 1.54) is 6.42 Å². The van der Waals surface area contributed by atoms with Gasteiger partial charge in [-0.25, -0.2) is 0 Å². The molecular weight excluding hydrogens is 286 g/mol. The number of rotatable bonds is 4. The largest absolute Gasteiger partial charge is 0.409 e. The molecule has 0 aromatic heterocycles. The van der Waals surface area contributed by atoms with Gasteiger partial charge in [-0.1, -0.05) is 24.9 Å². The predicted octanol–water partition coefficient (Wildman–Crippen LogP) is 2.47. The van der Waals surface area contributed by atoms with Crippen molar-refractivity contribution in [2.24, 2.45) is 16.8 Å². The minimum Gasteiger partial charge on any atom is -0.409 e. The van der Waals surface area contributed by atoms with Crippen LogP contribution in [0.3, 0.4) is 0 Å². The summed E-state index contributed by atoms with van der Waals surface area (Å²) < 4.78 is 0. The molecule has 5 nitrogen and oxygen atoms in total. The van der Waals surface area contributed by atoms with Crippen molar-refractivity contribution in [3.05, 3.63) is 0 Å². The molecule has 0 spiro atoms. The number of hydrogen-bond acceptors (Lipinski definition) is 4. The number of nitrogens with one attached hydrogen (secondary N) is 1. The SMILES string of the molecule is CCC1CCC(NC(=O)C2CCCCS2)(C(N)=NO)CC1. The van der Waals surface area contributed by atoms with Gasteiger partial charge in [0.05, 0.1) is 5.25 Å². The zero-order valence-electron chi connectivity index (χ0n) is 12.8. The molecular formula is C15H27N3O2S. The van der Waals surface area contributed by atoms with Gasteiger partial charge in [0, 0.05) is 0 Å². The van der Waals surface area contributed by atoms with Crippen LogP contribution in [-0.4, -0.2) is 33.5 Å². The number of hydrogen-bond donors (Lipinski definition) is 3. The Morgan fingerprint density at radius 3 is 2.62 bits per heavy atom. The van der Waals surface area contributed by atoms with E-state index >= 15 is 0 Å². The van der Waals surface area contributed by atoms with E-state index in [9.17, 15) is 4.79 Å². The summed E-state index contributed by atoms with van der Waals surface area (Å²) in [6.07, 6.45) is 7.96. The Morgan fingerprint density at radius 1 is 1.38 bits per heavy atom. The maximum Gasteiger partial charge on any atom is 0.233 e. The molecule has 1 aliphatic heterocycles. The molecule has 0 aromatic carbocycles. The topological polar surface area (TPSA) is 87.7 Å². The molecule has 120 valence electrons.